The standard InChI is InChI=1S/C16H16N2O2/c1-11(2)19-15-8-14(6-5-13(15)9-17)20-16-7-4-12(3)10-18-16/h4-8,10-11H,1-3H3. The van der Waals surface area contributed by atoms with Crippen LogP contribution in [0.3, 0.4) is 0 Å². The first kappa shape index (κ1) is 13.9. The number of nitrogens with zero attached hydrogens (tertiary/aromatic N) is 2. The van der Waals surface area contributed by atoms with E-state index in [0.717, 1.165) is 5.56 Å². The highest BCUT2D eigenvalue weighted by molar-refractivity contribution is 5.48. The van der Waals surface area contributed by atoms with Crippen LogP contribution in [0.5, 0.6) is 17.4 Å². The number of pyridine rings is 1. The van der Waals surface area contributed by atoms with Crippen molar-refractivity contribution in [2.45, 2.75) is 26.9 Å². The second kappa shape index (κ2) is 6.07. The molecule has 2 aromatic rings. The summed E-state index contributed by atoms with van der Waals surface area (Å²) >= 11 is 0. The van der Waals surface area contributed by atoms with Gasteiger partial charge in [-0.3, -0.25) is 0 Å². The van der Waals surface area contributed by atoms with Crippen molar-refractivity contribution >= 4 is 0 Å². The second-order valence-electron chi connectivity index (χ2n) is 4.71. The molecule has 0 aliphatic rings. The maximum absolute atomic E-state index is 9.06. The van der Waals surface area contributed by atoms with E-state index in [1.807, 2.05) is 26.8 Å². The van der Waals surface area contributed by atoms with Gasteiger partial charge in [-0.15, -0.1) is 0 Å². The predicted molar refractivity (Wildman–Crippen MR) is 76.0 cm³/mol. The molecule has 0 atom stereocenters. The molecule has 0 aliphatic carbocycles. The topological polar surface area (TPSA) is 55.1 Å². The van der Waals surface area contributed by atoms with Gasteiger partial charge in [0, 0.05) is 18.3 Å². The average molecular weight is 268 g/mol. The molecule has 0 N–H and O–H groups in total. The van der Waals surface area contributed by atoms with E-state index in [9.17, 15) is 0 Å². The van der Waals surface area contributed by atoms with Gasteiger partial charge in [-0.1, -0.05) is 6.07 Å². The molecule has 4 nitrogen and oxygen atoms in total. The highest BCUT2D eigenvalue weighted by atomic mass is 16.5. The van der Waals surface area contributed by atoms with Crippen LogP contribution in [-0.2, 0) is 0 Å². The Hall–Kier alpha value is -2.54. The fraction of sp³-hybridized carbons (Fsp3) is 0.250. The number of aryl methyl sites for hydroxylation is 1. The Bertz CT molecular complexity index is 628. The molecule has 102 valence electrons. The molecule has 20 heavy (non-hydrogen) atoms. The summed E-state index contributed by atoms with van der Waals surface area (Å²) in [5, 5.41) is 9.06. The maximum atomic E-state index is 9.06. The molecule has 1 aromatic carbocycles. The Balaban J connectivity index is 2.24. The SMILES string of the molecule is Cc1ccc(Oc2ccc(C#N)c(OC(C)C)c2)nc1. The van der Waals surface area contributed by atoms with Crippen LogP contribution in [0.1, 0.15) is 25.0 Å². The third kappa shape index (κ3) is 3.48. The van der Waals surface area contributed by atoms with E-state index < -0.39 is 0 Å². The summed E-state index contributed by atoms with van der Waals surface area (Å²) in [6.45, 7) is 5.79. The van der Waals surface area contributed by atoms with E-state index in [2.05, 4.69) is 11.1 Å². The first-order chi connectivity index (χ1) is 9.58. The number of hydrogen-bond acceptors (Lipinski definition) is 4. The van der Waals surface area contributed by atoms with E-state index >= 15 is 0 Å². The van der Waals surface area contributed by atoms with Gasteiger partial charge in [-0.25, -0.2) is 4.98 Å². The Labute approximate surface area is 118 Å². The zero-order valence-corrected chi connectivity index (χ0v) is 11.8. The third-order valence-electron chi connectivity index (χ3n) is 2.54. The molecule has 0 fully saturated rings. The minimum Gasteiger partial charge on any atom is -0.489 e. The summed E-state index contributed by atoms with van der Waals surface area (Å²) in [5.41, 5.74) is 1.56. The molecule has 0 spiro atoms. The van der Waals surface area contributed by atoms with Crippen molar-refractivity contribution in [3.05, 3.63) is 47.7 Å². The second-order valence-corrected chi connectivity index (χ2v) is 4.71. The van der Waals surface area contributed by atoms with Crippen molar-refractivity contribution in [1.82, 2.24) is 4.98 Å². The van der Waals surface area contributed by atoms with Crippen LogP contribution in [0.2, 0.25) is 0 Å². The minimum atomic E-state index is -0.00477. The lowest BCUT2D eigenvalue weighted by molar-refractivity contribution is 0.241. The Morgan fingerprint density at radius 2 is 2.00 bits per heavy atom. The molecule has 0 bridgehead atoms. The highest BCUT2D eigenvalue weighted by Gasteiger charge is 2.08. The zero-order chi connectivity index (χ0) is 14.5. The van der Waals surface area contributed by atoms with Gasteiger partial charge in [-0.05, 0) is 38.5 Å². The van der Waals surface area contributed by atoms with E-state index in [4.69, 9.17) is 14.7 Å². The molecule has 1 heterocycles. The average Bonchev–Trinajstić information content (AvgIpc) is 2.41. The summed E-state index contributed by atoms with van der Waals surface area (Å²) in [5.74, 6) is 1.62. The van der Waals surface area contributed by atoms with E-state index in [-0.39, 0.29) is 6.10 Å². The third-order valence-corrected chi connectivity index (χ3v) is 2.54. The number of hydrogen-bond donors (Lipinski definition) is 0. The lowest BCUT2D eigenvalue weighted by atomic mass is 10.2. The van der Waals surface area contributed by atoms with Gasteiger partial charge in [0.05, 0.1) is 11.7 Å². The van der Waals surface area contributed by atoms with Crippen LogP contribution in [-0.4, -0.2) is 11.1 Å². The summed E-state index contributed by atoms with van der Waals surface area (Å²) < 4.78 is 11.3. The largest absolute Gasteiger partial charge is 0.489 e. The van der Waals surface area contributed by atoms with Gasteiger partial charge in [0.1, 0.15) is 17.6 Å². The maximum Gasteiger partial charge on any atom is 0.219 e. The van der Waals surface area contributed by atoms with Gasteiger partial charge in [0.25, 0.3) is 0 Å². The van der Waals surface area contributed by atoms with E-state index in [1.54, 1.807) is 30.5 Å². The van der Waals surface area contributed by atoms with Crippen LogP contribution in [0, 0.1) is 18.3 Å². The molecule has 4 heteroatoms. The number of nitriles is 1. The molecular weight excluding hydrogens is 252 g/mol. The van der Waals surface area contributed by atoms with Crippen LogP contribution in [0.15, 0.2) is 36.5 Å². The monoisotopic (exact) mass is 268 g/mol. The smallest absolute Gasteiger partial charge is 0.219 e. The van der Waals surface area contributed by atoms with Crippen molar-refractivity contribution < 1.29 is 9.47 Å². The number of aromatic nitrogens is 1. The van der Waals surface area contributed by atoms with E-state index in [0.29, 0.717) is 22.9 Å². The van der Waals surface area contributed by atoms with Gasteiger partial charge >= 0.3 is 0 Å². The highest BCUT2D eigenvalue weighted by Crippen LogP contribution is 2.28. The van der Waals surface area contributed by atoms with Gasteiger partial charge in [0.2, 0.25) is 5.88 Å². The van der Waals surface area contributed by atoms with Crippen LogP contribution >= 0.6 is 0 Å². The van der Waals surface area contributed by atoms with Crippen molar-refractivity contribution in [3.63, 3.8) is 0 Å². The number of benzene rings is 1. The fourth-order valence-corrected chi connectivity index (χ4v) is 1.65. The van der Waals surface area contributed by atoms with Crippen molar-refractivity contribution in [2.24, 2.45) is 0 Å². The summed E-state index contributed by atoms with van der Waals surface area (Å²) in [6, 6.07) is 11.0. The Morgan fingerprint density at radius 1 is 1.20 bits per heavy atom. The van der Waals surface area contributed by atoms with Crippen LogP contribution in [0.25, 0.3) is 0 Å². The summed E-state index contributed by atoms with van der Waals surface area (Å²) in [7, 11) is 0. The van der Waals surface area contributed by atoms with Crippen molar-refractivity contribution in [3.8, 4) is 23.4 Å². The quantitative estimate of drug-likeness (QED) is 0.845. The molecule has 0 saturated carbocycles. The van der Waals surface area contributed by atoms with Gasteiger partial charge < -0.3 is 9.47 Å². The zero-order valence-electron chi connectivity index (χ0n) is 11.8. The number of ether oxygens (including phenoxy) is 2. The van der Waals surface area contributed by atoms with Gasteiger partial charge in [0.15, 0.2) is 0 Å². The molecule has 0 radical (unpaired) electrons. The van der Waals surface area contributed by atoms with Crippen LogP contribution < -0.4 is 9.47 Å². The van der Waals surface area contributed by atoms with E-state index in [1.165, 1.54) is 0 Å². The van der Waals surface area contributed by atoms with Crippen molar-refractivity contribution in [2.75, 3.05) is 0 Å². The van der Waals surface area contributed by atoms with Gasteiger partial charge in [-0.2, -0.15) is 5.26 Å². The molecule has 0 saturated heterocycles. The predicted octanol–water partition coefficient (Wildman–Crippen LogP) is 3.84. The Kier molecular flexibility index (Phi) is 4.21. The first-order valence-electron chi connectivity index (χ1n) is 6.40. The molecule has 0 unspecified atom stereocenters. The normalized spacial score (nSPS) is 10.2. The summed E-state index contributed by atoms with van der Waals surface area (Å²) in [4.78, 5) is 4.18. The molecular formula is C16H16N2O2. The van der Waals surface area contributed by atoms with Crippen molar-refractivity contribution in [1.29, 1.82) is 5.26 Å². The fourth-order valence-electron chi connectivity index (χ4n) is 1.65. The number of rotatable bonds is 4. The molecule has 0 amide bonds. The summed E-state index contributed by atoms with van der Waals surface area (Å²) in [6.07, 6.45) is 1.74. The minimum absolute atomic E-state index is 0.00477. The first-order valence-corrected chi connectivity index (χ1v) is 6.40. The molecule has 2 rings (SSSR count). The molecule has 0 aliphatic heterocycles. The lowest BCUT2D eigenvalue weighted by Gasteiger charge is -2.12. The molecule has 1 aromatic heterocycles. The lowest BCUT2D eigenvalue weighted by Crippen LogP contribution is -2.06. The van der Waals surface area contributed by atoms with Crippen LogP contribution in [0.4, 0.5) is 0 Å². The Morgan fingerprint density at radius 3 is 2.60 bits per heavy atom.